The van der Waals surface area contributed by atoms with Gasteiger partial charge in [-0.2, -0.15) is 4.31 Å². The normalized spacial score (nSPS) is 15.3. The number of fused-ring (bicyclic) bond motifs is 1. The van der Waals surface area contributed by atoms with Crippen LogP contribution in [0.4, 0.5) is 0 Å². The minimum absolute atomic E-state index is 0.182. The van der Waals surface area contributed by atoms with Gasteiger partial charge in [0.15, 0.2) is 5.01 Å². The fraction of sp³-hybridized carbons (Fsp3) is 0.190. The Kier molecular flexibility index (Phi) is 5.72. The van der Waals surface area contributed by atoms with Crippen molar-refractivity contribution in [1.29, 1.82) is 0 Å². The Labute approximate surface area is 198 Å². The molecule has 5 rings (SSSR count). The molecule has 1 amide bonds. The van der Waals surface area contributed by atoms with Crippen LogP contribution in [0.25, 0.3) is 20.5 Å². The second kappa shape index (κ2) is 8.53. The van der Waals surface area contributed by atoms with Crippen molar-refractivity contribution in [2.45, 2.75) is 4.21 Å². The molecule has 0 bridgehead atoms. The first-order valence-electron chi connectivity index (χ1n) is 9.76. The number of nitrogens with zero attached hydrogens (tertiary/aromatic N) is 4. The van der Waals surface area contributed by atoms with Crippen LogP contribution in [0.1, 0.15) is 9.80 Å². The zero-order valence-electron chi connectivity index (χ0n) is 16.6. The van der Waals surface area contributed by atoms with E-state index < -0.39 is 10.0 Å². The summed E-state index contributed by atoms with van der Waals surface area (Å²) in [6, 6.07) is 10.8. The standard InChI is InChI=1S/C21H17ClN4O3S3/c22-16-4-3-14-10-19(30-17(14)11-16)32(28,29)26-8-6-25(7-9-26)21(27)20-24-13-18(31-20)15-2-1-5-23-12-15/h1-5,10-13H,6-9H2. The highest BCUT2D eigenvalue weighted by molar-refractivity contribution is 7.91. The summed E-state index contributed by atoms with van der Waals surface area (Å²) in [4.78, 5) is 23.8. The predicted octanol–water partition coefficient (Wildman–Crippen LogP) is 4.22. The van der Waals surface area contributed by atoms with Gasteiger partial charge in [0, 0.05) is 60.1 Å². The molecule has 0 spiro atoms. The van der Waals surface area contributed by atoms with E-state index in [0.717, 1.165) is 20.5 Å². The Morgan fingerprint density at radius 2 is 1.84 bits per heavy atom. The van der Waals surface area contributed by atoms with Gasteiger partial charge in [0.1, 0.15) is 4.21 Å². The lowest BCUT2D eigenvalue weighted by Gasteiger charge is -2.33. The van der Waals surface area contributed by atoms with Gasteiger partial charge in [-0.05, 0) is 29.7 Å². The van der Waals surface area contributed by atoms with Crippen molar-refractivity contribution in [3.63, 3.8) is 0 Å². The van der Waals surface area contributed by atoms with Crippen LogP contribution in [0.2, 0.25) is 5.02 Å². The third-order valence-corrected chi connectivity index (χ3v) is 9.93. The number of benzene rings is 1. The molecule has 7 nitrogen and oxygen atoms in total. The molecule has 3 aromatic heterocycles. The van der Waals surface area contributed by atoms with E-state index in [4.69, 9.17) is 11.6 Å². The van der Waals surface area contributed by atoms with E-state index in [1.54, 1.807) is 41.7 Å². The molecule has 32 heavy (non-hydrogen) atoms. The Bertz CT molecular complexity index is 1390. The van der Waals surface area contributed by atoms with Crippen LogP contribution in [-0.4, -0.2) is 59.7 Å². The van der Waals surface area contributed by atoms with Crippen LogP contribution in [0.3, 0.4) is 0 Å². The smallest absolute Gasteiger partial charge is 0.282 e. The number of halogens is 1. The van der Waals surface area contributed by atoms with Crippen LogP contribution in [-0.2, 0) is 10.0 Å². The van der Waals surface area contributed by atoms with Crippen molar-refractivity contribution in [2.24, 2.45) is 0 Å². The maximum absolute atomic E-state index is 13.1. The summed E-state index contributed by atoms with van der Waals surface area (Å²) in [6.45, 7) is 1.11. The van der Waals surface area contributed by atoms with Gasteiger partial charge in [0.05, 0.1) is 4.88 Å². The van der Waals surface area contributed by atoms with E-state index in [9.17, 15) is 13.2 Å². The number of hydrogen-bond acceptors (Lipinski definition) is 7. The number of rotatable bonds is 4. The van der Waals surface area contributed by atoms with Crippen LogP contribution in [0, 0.1) is 0 Å². The van der Waals surface area contributed by atoms with Crippen molar-refractivity contribution >= 4 is 60.3 Å². The van der Waals surface area contributed by atoms with Gasteiger partial charge in [-0.25, -0.2) is 13.4 Å². The van der Waals surface area contributed by atoms with Gasteiger partial charge >= 0.3 is 0 Å². The average molecular weight is 505 g/mol. The highest BCUT2D eigenvalue weighted by atomic mass is 35.5. The molecule has 0 aliphatic carbocycles. The number of aromatic nitrogens is 2. The molecule has 4 aromatic rings. The van der Waals surface area contributed by atoms with Crippen molar-refractivity contribution in [3.05, 3.63) is 65.0 Å². The van der Waals surface area contributed by atoms with E-state index in [2.05, 4.69) is 9.97 Å². The summed E-state index contributed by atoms with van der Waals surface area (Å²) in [5.41, 5.74) is 0.907. The second-order valence-electron chi connectivity index (χ2n) is 7.22. The summed E-state index contributed by atoms with van der Waals surface area (Å²) < 4.78 is 28.8. The van der Waals surface area contributed by atoms with Crippen LogP contribution < -0.4 is 0 Å². The Morgan fingerprint density at radius 1 is 1.03 bits per heavy atom. The summed E-state index contributed by atoms with van der Waals surface area (Å²) >= 11 is 8.55. The molecule has 11 heteroatoms. The number of piperazine rings is 1. The third kappa shape index (κ3) is 4.04. The van der Waals surface area contributed by atoms with E-state index in [1.807, 2.05) is 18.2 Å². The molecule has 4 heterocycles. The molecule has 1 saturated heterocycles. The summed E-state index contributed by atoms with van der Waals surface area (Å²) in [5, 5.41) is 1.81. The van der Waals surface area contributed by atoms with E-state index in [0.29, 0.717) is 23.1 Å². The van der Waals surface area contributed by atoms with E-state index in [1.165, 1.54) is 27.0 Å². The largest absolute Gasteiger partial charge is 0.334 e. The highest BCUT2D eigenvalue weighted by Crippen LogP contribution is 2.33. The fourth-order valence-corrected chi connectivity index (χ4v) is 7.64. The summed E-state index contributed by atoms with van der Waals surface area (Å²) in [5.74, 6) is -0.182. The number of pyridine rings is 1. The van der Waals surface area contributed by atoms with Gasteiger partial charge in [-0.1, -0.05) is 23.7 Å². The molecule has 0 radical (unpaired) electrons. The number of thiazole rings is 1. The molecular formula is C21H17ClN4O3S3. The SMILES string of the molecule is O=C(c1ncc(-c2cccnc2)s1)N1CCN(S(=O)(=O)c2cc3ccc(Cl)cc3s2)CC1. The van der Waals surface area contributed by atoms with Crippen LogP contribution in [0.15, 0.2) is 59.2 Å². The predicted molar refractivity (Wildman–Crippen MR) is 127 cm³/mol. The first-order valence-corrected chi connectivity index (χ1v) is 13.2. The second-order valence-corrected chi connectivity index (χ2v) is 11.9. The lowest BCUT2D eigenvalue weighted by Crippen LogP contribution is -2.50. The molecule has 0 N–H and O–H groups in total. The molecule has 0 atom stereocenters. The highest BCUT2D eigenvalue weighted by Gasteiger charge is 2.32. The van der Waals surface area contributed by atoms with Gasteiger partial charge < -0.3 is 4.90 Å². The fourth-order valence-electron chi connectivity index (χ4n) is 3.52. The molecule has 0 saturated carbocycles. The number of carbonyl (C=O) groups is 1. The lowest BCUT2D eigenvalue weighted by atomic mass is 10.3. The maximum Gasteiger partial charge on any atom is 0.282 e. The topological polar surface area (TPSA) is 83.5 Å². The van der Waals surface area contributed by atoms with Gasteiger partial charge in [-0.15, -0.1) is 22.7 Å². The van der Waals surface area contributed by atoms with Crippen molar-refractivity contribution in [2.75, 3.05) is 26.2 Å². The zero-order valence-corrected chi connectivity index (χ0v) is 19.8. The molecular weight excluding hydrogens is 488 g/mol. The molecule has 0 unspecified atom stereocenters. The van der Waals surface area contributed by atoms with E-state index >= 15 is 0 Å². The van der Waals surface area contributed by atoms with Gasteiger partial charge in [0.2, 0.25) is 0 Å². The minimum Gasteiger partial charge on any atom is -0.334 e. The Hall–Kier alpha value is -2.37. The van der Waals surface area contributed by atoms with E-state index in [-0.39, 0.29) is 23.2 Å². The molecule has 164 valence electrons. The number of sulfonamides is 1. The number of carbonyl (C=O) groups excluding carboxylic acids is 1. The summed E-state index contributed by atoms with van der Waals surface area (Å²) in [7, 11) is -3.63. The molecule has 1 aliphatic rings. The Morgan fingerprint density at radius 3 is 2.59 bits per heavy atom. The van der Waals surface area contributed by atoms with Gasteiger partial charge in [-0.3, -0.25) is 9.78 Å². The zero-order chi connectivity index (χ0) is 22.3. The molecule has 1 aliphatic heterocycles. The lowest BCUT2D eigenvalue weighted by molar-refractivity contribution is 0.0697. The molecule has 1 fully saturated rings. The maximum atomic E-state index is 13.1. The van der Waals surface area contributed by atoms with Crippen LogP contribution >= 0.6 is 34.3 Å². The number of thiophene rings is 1. The quantitative estimate of drug-likeness (QED) is 0.415. The number of hydrogen-bond donors (Lipinski definition) is 0. The van der Waals surface area contributed by atoms with Gasteiger partial charge in [0.25, 0.3) is 15.9 Å². The monoisotopic (exact) mass is 504 g/mol. The van der Waals surface area contributed by atoms with Crippen molar-refractivity contribution < 1.29 is 13.2 Å². The van der Waals surface area contributed by atoms with Crippen molar-refractivity contribution in [3.8, 4) is 10.4 Å². The molecule has 1 aromatic carbocycles. The third-order valence-electron chi connectivity index (χ3n) is 5.21. The number of amides is 1. The summed E-state index contributed by atoms with van der Waals surface area (Å²) in [6.07, 6.45) is 5.09. The van der Waals surface area contributed by atoms with Crippen LogP contribution in [0.5, 0.6) is 0 Å². The minimum atomic E-state index is -3.63. The average Bonchev–Trinajstić information content (AvgIpc) is 3.47. The van der Waals surface area contributed by atoms with Crippen molar-refractivity contribution in [1.82, 2.24) is 19.2 Å². The Balaban J connectivity index is 1.28. The first-order chi connectivity index (χ1) is 15.4. The first kappa shape index (κ1) is 21.5.